The number of pyridine rings is 1. The third kappa shape index (κ3) is 3.96. The van der Waals surface area contributed by atoms with E-state index in [1.54, 1.807) is 18.3 Å². The quantitative estimate of drug-likeness (QED) is 0.870. The summed E-state index contributed by atoms with van der Waals surface area (Å²) in [6.45, 7) is 3.87. The summed E-state index contributed by atoms with van der Waals surface area (Å²) < 4.78 is 0. The van der Waals surface area contributed by atoms with Gasteiger partial charge < -0.3 is 14.9 Å². The lowest BCUT2D eigenvalue weighted by Gasteiger charge is -2.30. The molecular formula is C16H23N3O3. The number of carboxylic acid groups (broad SMARTS) is 1. The second kappa shape index (κ2) is 7.77. The maximum absolute atomic E-state index is 12.7. The molecule has 22 heavy (non-hydrogen) atoms. The van der Waals surface area contributed by atoms with Gasteiger partial charge in [0.2, 0.25) is 0 Å². The molecule has 1 aromatic rings. The highest BCUT2D eigenvalue weighted by Crippen LogP contribution is 2.23. The fourth-order valence-electron chi connectivity index (χ4n) is 2.78. The Morgan fingerprint density at radius 1 is 1.32 bits per heavy atom. The van der Waals surface area contributed by atoms with E-state index in [4.69, 9.17) is 5.11 Å². The maximum atomic E-state index is 12.7. The van der Waals surface area contributed by atoms with Crippen LogP contribution < -0.4 is 4.90 Å². The lowest BCUT2D eigenvalue weighted by molar-refractivity contribution is -0.137. The van der Waals surface area contributed by atoms with Crippen molar-refractivity contribution in [3.63, 3.8) is 0 Å². The zero-order valence-corrected chi connectivity index (χ0v) is 13.0. The predicted octanol–water partition coefficient (Wildman–Crippen LogP) is 2.01. The lowest BCUT2D eigenvalue weighted by atomic mass is 10.1. The fourth-order valence-corrected chi connectivity index (χ4v) is 2.78. The van der Waals surface area contributed by atoms with E-state index in [0.29, 0.717) is 17.9 Å². The molecule has 0 aromatic carbocycles. The zero-order valence-electron chi connectivity index (χ0n) is 13.0. The summed E-state index contributed by atoms with van der Waals surface area (Å²) in [5.41, 5.74) is 0.499. The first-order chi connectivity index (χ1) is 10.6. The van der Waals surface area contributed by atoms with Crippen LogP contribution in [0.4, 0.5) is 5.82 Å². The first-order valence-corrected chi connectivity index (χ1v) is 7.84. The summed E-state index contributed by atoms with van der Waals surface area (Å²) in [6, 6.07) is 3.47. The molecule has 0 unspecified atom stereocenters. The van der Waals surface area contributed by atoms with Crippen LogP contribution in [0.3, 0.4) is 0 Å². The van der Waals surface area contributed by atoms with E-state index in [0.717, 1.165) is 32.4 Å². The second-order valence-corrected chi connectivity index (χ2v) is 5.54. The number of carboxylic acids is 1. The number of hydrogen-bond donors (Lipinski definition) is 1. The molecule has 120 valence electrons. The number of carbonyl (C=O) groups excluding carboxylic acids is 1. The highest BCUT2D eigenvalue weighted by atomic mass is 16.4. The van der Waals surface area contributed by atoms with Gasteiger partial charge in [-0.15, -0.1) is 0 Å². The van der Waals surface area contributed by atoms with Crippen molar-refractivity contribution in [1.29, 1.82) is 0 Å². The van der Waals surface area contributed by atoms with Crippen LogP contribution in [-0.2, 0) is 4.79 Å². The van der Waals surface area contributed by atoms with Crippen LogP contribution in [0.2, 0.25) is 0 Å². The van der Waals surface area contributed by atoms with Crippen LogP contribution in [0, 0.1) is 0 Å². The summed E-state index contributed by atoms with van der Waals surface area (Å²) in [5, 5.41) is 9.00. The average molecular weight is 305 g/mol. The number of aliphatic carboxylic acids is 1. The van der Waals surface area contributed by atoms with Crippen LogP contribution in [0.5, 0.6) is 0 Å². The number of nitrogens with zero attached hydrogens (tertiary/aromatic N) is 3. The molecule has 1 fully saturated rings. The number of amides is 1. The molecule has 1 aromatic heterocycles. The Hall–Kier alpha value is -2.11. The molecule has 0 atom stereocenters. The summed E-state index contributed by atoms with van der Waals surface area (Å²) in [7, 11) is 0. The number of piperidine rings is 1. The van der Waals surface area contributed by atoms with Gasteiger partial charge >= 0.3 is 5.97 Å². The molecule has 2 heterocycles. The van der Waals surface area contributed by atoms with Crippen LogP contribution in [0.25, 0.3) is 0 Å². The number of aromatic nitrogens is 1. The van der Waals surface area contributed by atoms with Gasteiger partial charge in [0.1, 0.15) is 12.4 Å². The molecule has 0 radical (unpaired) electrons. The highest BCUT2D eigenvalue weighted by molar-refractivity contribution is 6.00. The molecule has 1 N–H and O–H groups in total. The first kappa shape index (κ1) is 16.3. The zero-order chi connectivity index (χ0) is 15.9. The second-order valence-electron chi connectivity index (χ2n) is 5.54. The number of carbonyl (C=O) groups is 2. The van der Waals surface area contributed by atoms with Crippen molar-refractivity contribution in [3.05, 3.63) is 23.9 Å². The van der Waals surface area contributed by atoms with E-state index < -0.39 is 5.97 Å². The van der Waals surface area contributed by atoms with E-state index >= 15 is 0 Å². The van der Waals surface area contributed by atoms with Crippen molar-refractivity contribution in [2.45, 2.75) is 32.6 Å². The number of hydrogen-bond acceptors (Lipinski definition) is 4. The Morgan fingerprint density at radius 2 is 2.05 bits per heavy atom. The van der Waals surface area contributed by atoms with Crippen molar-refractivity contribution in [1.82, 2.24) is 9.88 Å². The average Bonchev–Trinajstić information content (AvgIpc) is 2.54. The molecule has 0 saturated carbocycles. The number of rotatable bonds is 6. The van der Waals surface area contributed by atoms with Gasteiger partial charge in [-0.2, -0.15) is 0 Å². The molecule has 1 amide bonds. The topological polar surface area (TPSA) is 73.7 Å². The highest BCUT2D eigenvalue weighted by Gasteiger charge is 2.24. The Bertz CT molecular complexity index is 527. The standard InChI is InChI=1S/C16H23N3O3/c1-2-9-19(12-14(20)21)16(22)13-7-6-8-17-15(13)18-10-4-3-5-11-18/h6-8H,2-5,9-12H2,1H3,(H,20,21). The molecule has 0 aliphatic carbocycles. The van der Waals surface area contributed by atoms with Crippen LogP contribution >= 0.6 is 0 Å². The predicted molar refractivity (Wildman–Crippen MR) is 84.1 cm³/mol. The van der Waals surface area contributed by atoms with Gasteiger partial charge in [0.05, 0.1) is 5.56 Å². The Kier molecular flexibility index (Phi) is 5.75. The van der Waals surface area contributed by atoms with Crippen molar-refractivity contribution in [2.75, 3.05) is 31.1 Å². The van der Waals surface area contributed by atoms with Gasteiger partial charge in [-0.3, -0.25) is 9.59 Å². The van der Waals surface area contributed by atoms with E-state index in [2.05, 4.69) is 9.88 Å². The van der Waals surface area contributed by atoms with Crippen molar-refractivity contribution in [3.8, 4) is 0 Å². The molecule has 6 heteroatoms. The maximum Gasteiger partial charge on any atom is 0.323 e. The van der Waals surface area contributed by atoms with Crippen LogP contribution in [0.15, 0.2) is 18.3 Å². The first-order valence-electron chi connectivity index (χ1n) is 7.84. The summed E-state index contributed by atoms with van der Waals surface area (Å²) in [4.78, 5) is 31.6. The van der Waals surface area contributed by atoms with Crippen molar-refractivity contribution < 1.29 is 14.7 Å². The largest absolute Gasteiger partial charge is 0.480 e. The minimum atomic E-state index is -0.995. The van der Waals surface area contributed by atoms with E-state index in [-0.39, 0.29) is 12.5 Å². The van der Waals surface area contributed by atoms with Crippen molar-refractivity contribution >= 4 is 17.7 Å². The summed E-state index contributed by atoms with van der Waals surface area (Å²) in [5.74, 6) is -0.568. The fraction of sp³-hybridized carbons (Fsp3) is 0.562. The lowest BCUT2D eigenvalue weighted by Crippen LogP contribution is -2.38. The Labute approximate surface area is 130 Å². The molecule has 1 aliphatic heterocycles. The summed E-state index contributed by atoms with van der Waals surface area (Å²) >= 11 is 0. The molecule has 1 saturated heterocycles. The van der Waals surface area contributed by atoms with Gasteiger partial charge in [-0.25, -0.2) is 4.98 Å². The molecule has 1 aliphatic rings. The molecule has 0 spiro atoms. The monoisotopic (exact) mass is 305 g/mol. The molecule has 2 rings (SSSR count). The van der Waals surface area contributed by atoms with Crippen molar-refractivity contribution in [2.24, 2.45) is 0 Å². The van der Waals surface area contributed by atoms with Gasteiger partial charge in [0.15, 0.2) is 0 Å². The third-order valence-electron chi connectivity index (χ3n) is 3.78. The van der Waals surface area contributed by atoms with Gasteiger partial charge in [-0.1, -0.05) is 6.92 Å². The van der Waals surface area contributed by atoms with E-state index in [1.807, 2.05) is 6.92 Å². The third-order valence-corrected chi connectivity index (χ3v) is 3.78. The van der Waals surface area contributed by atoms with E-state index in [1.165, 1.54) is 11.3 Å². The smallest absolute Gasteiger partial charge is 0.323 e. The van der Waals surface area contributed by atoms with Gasteiger partial charge in [0, 0.05) is 25.8 Å². The van der Waals surface area contributed by atoms with Crippen LogP contribution in [-0.4, -0.2) is 53.0 Å². The number of anilines is 1. The Balaban J connectivity index is 2.25. The molecular weight excluding hydrogens is 282 g/mol. The SMILES string of the molecule is CCCN(CC(=O)O)C(=O)c1cccnc1N1CCCCC1. The molecule has 6 nitrogen and oxygen atoms in total. The van der Waals surface area contributed by atoms with Crippen LogP contribution in [0.1, 0.15) is 43.0 Å². The molecule has 0 bridgehead atoms. The minimum Gasteiger partial charge on any atom is -0.480 e. The van der Waals surface area contributed by atoms with E-state index in [9.17, 15) is 9.59 Å². The minimum absolute atomic E-state index is 0.252. The Morgan fingerprint density at radius 3 is 2.68 bits per heavy atom. The normalized spacial score (nSPS) is 14.7. The van der Waals surface area contributed by atoms with Gasteiger partial charge in [-0.05, 0) is 37.8 Å². The summed E-state index contributed by atoms with van der Waals surface area (Å²) in [6.07, 6.45) is 5.80. The van der Waals surface area contributed by atoms with Gasteiger partial charge in [0.25, 0.3) is 5.91 Å².